The van der Waals surface area contributed by atoms with Crippen molar-refractivity contribution in [2.75, 3.05) is 7.11 Å². The molecule has 3 N–H and O–H groups in total. The first-order valence-corrected chi connectivity index (χ1v) is 6.47. The van der Waals surface area contributed by atoms with E-state index in [1.54, 1.807) is 19.2 Å². The van der Waals surface area contributed by atoms with Crippen LogP contribution >= 0.6 is 0 Å². The van der Waals surface area contributed by atoms with Gasteiger partial charge in [0.15, 0.2) is 0 Å². The minimum absolute atomic E-state index is 0.328. The second kappa shape index (κ2) is 8.04. The predicted molar refractivity (Wildman–Crippen MR) is 74.7 cm³/mol. The molecule has 0 fully saturated rings. The number of nitrogens with one attached hydrogen (secondary N) is 2. The molecule has 1 aromatic carbocycles. The summed E-state index contributed by atoms with van der Waals surface area (Å²) in [5, 5.41) is 14.0. The Morgan fingerprint density at radius 3 is 2.45 bits per heavy atom. The number of carboxylic acid groups (broad SMARTS) is 1. The van der Waals surface area contributed by atoms with Crippen molar-refractivity contribution in [3.8, 4) is 5.75 Å². The minimum Gasteiger partial charge on any atom is -0.497 e. The maximum absolute atomic E-state index is 11.6. The molecular weight excluding hydrogens is 260 g/mol. The van der Waals surface area contributed by atoms with E-state index in [-0.39, 0.29) is 0 Å². The lowest BCUT2D eigenvalue weighted by Crippen LogP contribution is -2.45. The maximum Gasteiger partial charge on any atom is 0.326 e. The van der Waals surface area contributed by atoms with Gasteiger partial charge in [0.05, 0.1) is 7.11 Å². The summed E-state index contributed by atoms with van der Waals surface area (Å²) in [5.74, 6) is -0.279. The Morgan fingerprint density at radius 1 is 1.30 bits per heavy atom. The fourth-order valence-corrected chi connectivity index (χ4v) is 1.68. The van der Waals surface area contributed by atoms with E-state index in [4.69, 9.17) is 9.84 Å². The highest BCUT2D eigenvalue weighted by molar-refractivity contribution is 5.82. The number of carbonyl (C=O) groups is 2. The van der Waals surface area contributed by atoms with Crippen LogP contribution in [0.3, 0.4) is 0 Å². The Labute approximate surface area is 118 Å². The van der Waals surface area contributed by atoms with Crippen molar-refractivity contribution in [3.05, 3.63) is 29.8 Å². The summed E-state index contributed by atoms with van der Waals surface area (Å²) in [5.41, 5.74) is 0.906. The molecule has 0 saturated carbocycles. The van der Waals surface area contributed by atoms with Crippen LogP contribution in [0, 0.1) is 0 Å². The van der Waals surface area contributed by atoms with E-state index in [0.29, 0.717) is 19.4 Å². The molecule has 1 atom stereocenters. The first kappa shape index (κ1) is 15.8. The summed E-state index contributed by atoms with van der Waals surface area (Å²) in [6.07, 6.45) is 1.10. The van der Waals surface area contributed by atoms with Crippen LogP contribution in [-0.2, 0) is 11.3 Å². The van der Waals surface area contributed by atoms with Crippen molar-refractivity contribution in [1.29, 1.82) is 0 Å². The van der Waals surface area contributed by atoms with Crippen LogP contribution in [0.2, 0.25) is 0 Å². The molecule has 0 aromatic heterocycles. The third-order valence-electron chi connectivity index (χ3n) is 2.79. The number of methoxy groups -OCH3 is 1. The van der Waals surface area contributed by atoms with E-state index >= 15 is 0 Å². The van der Waals surface area contributed by atoms with Gasteiger partial charge in [-0.25, -0.2) is 9.59 Å². The van der Waals surface area contributed by atoms with Crippen LogP contribution in [0.25, 0.3) is 0 Å². The van der Waals surface area contributed by atoms with E-state index in [1.807, 2.05) is 19.1 Å². The fraction of sp³-hybridized carbons (Fsp3) is 0.429. The second-order valence-corrected chi connectivity index (χ2v) is 4.35. The SMILES string of the molecule is CCCC(NC(=O)NCc1ccc(OC)cc1)C(=O)O. The number of hydrogen-bond acceptors (Lipinski definition) is 3. The molecule has 0 aliphatic rings. The third kappa shape index (κ3) is 5.17. The average Bonchev–Trinajstić information content (AvgIpc) is 2.45. The largest absolute Gasteiger partial charge is 0.497 e. The minimum atomic E-state index is -1.02. The fourth-order valence-electron chi connectivity index (χ4n) is 1.68. The zero-order valence-corrected chi connectivity index (χ0v) is 11.7. The molecule has 0 aliphatic carbocycles. The molecule has 0 spiro atoms. The number of carbonyl (C=O) groups excluding carboxylic acids is 1. The first-order chi connectivity index (χ1) is 9.56. The number of benzene rings is 1. The molecule has 1 aromatic rings. The van der Waals surface area contributed by atoms with Gasteiger partial charge in [0.2, 0.25) is 0 Å². The summed E-state index contributed by atoms with van der Waals surface area (Å²) in [6, 6.07) is 5.93. The van der Waals surface area contributed by atoms with Gasteiger partial charge in [0.25, 0.3) is 0 Å². The van der Waals surface area contributed by atoms with Crippen LogP contribution in [0.1, 0.15) is 25.3 Å². The van der Waals surface area contributed by atoms with Crippen molar-refractivity contribution in [3.63, 3.8) is 0 Å². The Bertz CT molecular complexity index is 445. The van der Waals surface area contributed by atoms with Crippen LogP contribution in [-0.4, -0.2) is 30.3 Å². The first-order valence-electron chi connectivity index (χ1n) is 6.47. The van der Waals surface area contributed by atoms with Crippen molar-refractivity contribution < 1.29 is 19.4 Å². The normalized spacial score (nSPS) is 11.5. The van der Waals surface area contributed by atoms with E-state index in [0.717, 1.165) is 11.3 Å². The molecule has 0 saturated heterocycles. The molecule has 0 bridgehead atoms. The molecule has 0 radical (unpaired) electrons. The molecule has 2 amide bonds. The van der Waals surface area contributed by atoms with Gasteiger partial charge in [-0.3, -0.25) is 0 Å². The maximum atomic E-state index is 11.6. The zero-order chi connectivity index (χ0) is 15.0. The topological polar surface area (TPSA) is 87.7 Å². The number of amides is 2. The summed E-state index contributed by atoms with van der Waals surface area (Å²) in [6.45, 7) is 2.20. The van der Waals surface area contributed by atoms with Crippen LogP contribution < -0.4 is 15.4 Å². The molecule has 0 aliphatic heterocycles. The summed E-state index contributed by atoms with van der Waals surface area (Å²) in [4.78, 5) is 22.5. The Morgan fingerprint density at radius 2 is 1.95 bits per heavy atom. The monoisotopic (exact) mass is 280 g/mol. The average molecular weight is 280 g/mol. The number of hydrogen-bond donors (Lipinski definition) is 3. The van der Waals surface area contributed by atoms with Crippen molar-refractivity contribution in [2.24, 2.45) is 0 Å². The number of ether oxygens (including phenoxy) is 1. The molecule has 6 heteroatoms. The lowest BCUT2D eigenvalue weighted by atomic mass is 10.2. The number of carboxylic acids is 1. The Hall–Kier alpha value is -2.24. The van der Waals surface area contributed by atoms with E-state index < -0.39 is 18.0 Å². The standard InChI is InChI=1S/C14H20N2O4/c1-3-4-12(13(17)18)16-14(19)15-9-10-5-7-11(20-2)8-6-10/h5-8,12H,3-4,9H2,1-2H3,(H,17,18)(H2,15,16,19). The smallest absolute Gasteiger partial charge is 0.326 e. The molecule has 1 rings (SSSR count). The predicted octanol–water partition coefficient (Wildman–Crippen LogP) is 1.75. The van der Waals surface area contributed by atoms with Gasteiger partial charge in [-0.05, 0) is 24.1 Å². The highest BCUT2D eigenvalue weighted by Gasteiger charge is 2.18. The Kier molecular flexibility index (Phi) is 6.36. The van der Waals surface area contributed by atoms with Gasteiger partial charge < -0.3 is 20.5 Å². The van der Waals surface area contributed by atoms with Crippen molar-refractivity contribution in [1.82, 2.24) is 10.6 Å². The van der Waals surface area contributed by atoms with Crippen LogP contribution in [0.4, 0.5) is 4.79 Å². The number of urea groups is 1. The van der Waals surface area contributed by atoms with Crippen LogP contribution in [0.15, 0.2) is 24.3 Å². The summed E-state index contributed by atoms with van der Waals surface area (Å²) >= 11 is 0. The summed E-state index contributed by atoms with van der Waals surface area (Å²) in [7, 11) is 1.58. The van der Waals surface area contributed by atoms with Gasteiger partial charge in [0.1, 0.15) is 11.8 Å². The van der Waals surface area contributed by atoms with Crippen molar-refractivity contribution in [2.45, 2.75) is 32.4 Å². The van der Waals surface area contributed by atoms with Gasteiger partial charge in [0, 0.05) is 6.54 Å². The molecule has 110 valence electrons. The molecule has 1 unspecified atom stereocenters. The number of rotatable bonds is 7. The lowest BCUT2D eigenvalue weighted by molar-refractivity contribution is -0.139. The third-order valence-corrected chi connectivity index (χ3v) is 2.79. The van der Waals surface area contributed by atoms with Gasteiger partial charge >= 0.3 is 12.0 Å². The van der Waals surface area contributed by atoms with Gasteiger partial charge in [-0.2, -0.15) is 0 Å². The van der Waals surface area contributed by atoms with Gasteiger partial charge in [-0.1, -0.05) is 25.5 Å². The quantitative estimate of drug-likeness (QED) is 0.710. The second-order valence-electron chi connectivity index (χ2n) is 4.35. The van der Waals surface area contributed by atoms with E-state index in [2.05, 4.69) is 10.6 Å². The summed E-state index contributed by atoms with van der Waals surface area (Å²) < 4.78 is 5.04. The molecule has 0 heterocycles. The van der Waals surface area contributed by atoms with Crippen LogP contribution in [0.5, 0.6) is 5.75 Å². The lowest BCUT2D eigenvalue weighted by Gasteiger charge is -2.14. The Balaban J connectivity index is 2.43. The van der Waals surface area contributed by atoms with E-state index in [1.165, 1.54) is 0 Å². The molecular formula is C14H20N2O4. The number of aliphatic carboxylic acids is 1. The van der Waals surface area contributed by atoms with E-state index in [9.17, 15) is 9.59 Å². The molecule has 20 heavy (non-hydrogen) atoms. The zero-order valence-electron chi connectivity index (χ0n) is 11.7. The highest BCUT2D eigenvalue weighted by Crippen LogP contribution is 2.10. The van der Waals surface area contributed by atoms with Crippen molar-refractivity contribution >= 4 is 12.0 Å². The molecule has 6 nitrogen and oxygen atoms in total. The highest BCUT2D eigenvalue weighted by atomic mass is 16.5. The van der Waals surface area contributed by atoms with Gasteiger partial charge in [-0.15, -0.1) is 0 Å².